The van der Waals surface area contributed by atoms with Crippen LogP contribution in [0.4, 0.5) is 0 Å². The molecular weight excluding hydrogens is 352 g/mol. The van der Waals surface area contributed by atoms with E-state index >= 15 is 0 Å². The van der Waals surface area contributed by atoms with Crippen molar-refractivity contribution in [2.75, 3.05) is 6.61 Å². The fraction of sp³-hybridized carbons (Fsp3) is 0.316. The van der Waals surface area contributed by atoms with Gasteiger partial charge in [-0.15, -0.1) is 0 Å². The Hall–Kier alpha value is -2.38. The van der Waals surface area contributed by atoms with Crippen LogP contribution in [0, 0.1) is 0 Å². The number of aliphatic hydroxyl groups excluding tert-OH is 1. The number of rotatable bonds is 7. The zero-order chi connectivity index (χ0) is 18.5. The Morgan fingerprint density at radius 1 is 1.23 bits per heavy atom. The molecule has 26 heavy (non-hydrogen) atoms. The Kier molecular flexibility index (Phi) is 5.90. The fourth-order valence-corrected chi connectivity index (χ4v) is 3.54. The number of hydrogen-bond donors (Lipinski definition) is 2. The van der Waals surface area contributed by atoms with Gasteiger partial charge in [-0.2, -0.15) is 0 Å². The number of hydrogen-bond acceptors (Lipinski definition) is 6. The van der Waals surface area contributed by atoms with Crippen LogP contribution in [0.25, 0.3) is 0 Å². The van der Waals surface area contributed by atoms with Gasteiger partial charge in [0.2, 0.25) is 11.7 Å². The fourth-order valence-electron chi connectivity index (χ4n) is 2.56. The number of nitrogens with one attached hydrogen (secondary N) is 1. The maximum Gasteiger partial charge on any atom is 0.236 e. The number of carbonyl (C=O) groups is 2. The second-order valence-electron chi connectivity index (χ2n) is 5.95. The molecule has 2 atom stereocenters. The summed E-state index contributed by atoms with van der Waals surface area (Å²) in [6.45, 7) is 1.95. The molecule has 1 fully saturated rings. The number of pyridine rings is 1. The molecular formula is C19H20N2O4S. The van der Waals surface area contributed by atoms with E-state index in [2.05, 4.69) is 10.3 Å². The van der Waals surface area contributed by atoms with Crippen LogP contribution in [0.1, 0.15) is 28.5 Å². The molecule has 1 amide bonds. The monoisotopic (exact) mass is 372 g/mol. The SMILES string of the molecule is CCc1ccc(C(=O)COc2ccc(CC3SC(O)NC3=O)cc2)nc1. The maximum atomic E-state index is 12.1. The summed E-state index contributed by atoms with van der Waals surface area (Å²) in [5.74, 6) is 0.246. The van der Waals surface area contributed by atoms with E-state index in [1.165, 1.54) is 11.8 Å². The van der Waals surface area contributed by atoms with E-state index in [4.69, 9.17) is 4.74 Å². The normalized spacial score (nSPS) is 19.2. The van der Waals surface area contributed by atoms with Gasteiger partial charge < -0.3 is 15.2 Å². The third kappa shape index (κ3) is 4.62. The molecule has 3 rings (SSSR count). The summed E-state index contributed by atoms with van der Waals surface area (Å²) >= 11 is 1.20. The van der Waals surface area contributed by atoms with Gasteiger partial charge in [0.05, 0.1) is 5.25 Å². The number of carbonyl (C=O) groups excluding carboxylic acids is 2. The van der Waals surface area contributed by atoms with Crippen LogP contribution in [-0.4, -0.2) is 39.2 Å². The number of nitrogens with zero attached hydrogens (tertiary/aromatic N) is 1. The molecule has 1 saturated heterocycles. The Morgan fingerprint density at radius 3 is 2.54 bits per heavy atom. The number of aromatic nitrogens is 1. The molecule has 2 aromatic rings. The van der Waals surface area contributed by atoms with Crippen molar-refractivity contribution >= 4 is 23.5 Å². The molecule has 0 aliphatic carbocycles. The van der Waals surface area contributed by atoms with E-state index in [1.807, 2.05) is 25.1 Å². The topological polar surface area (TPSA) is 88.5 Å². The van der Waals surface area contributed by atoms with Crippen LogP contribution in [0.5, 0.6) is 5.75 Å². The Balaban J connectivity index is 1.52. The van der Waals surface area contributed by atoms with Crippen molar-refractivity contribution in [3.8, 4) is 5.75 Å². The van der Waals surface area contributed by atoms with Gasteiger partial charge in [-0.1, -0.05) is 36.9 Å². The number of thioether (sulfide) groups is 1. The predicted molar refractivity (Wildman–Crippen MR) is 99.1 cm³/mol. The Bertz CT molecular complexity index is 777. The molecule has 6 nitrogen and oxygen atoms in total. The van der Waals surface area contributed by atoms with Crippen LogP contribution in [0.3, 0.4) is 0 Å². The van der Waals surface area contributed by atoms with Crippen molar-refractivity contribution in [2.24, 2.45) is 0 Å². The van der Waals surface area contributed by atoms with Gasteiger partial charge in [0.15, 0.2) is 12.2 Å². The minimum atomic E-state index is -0.832. The summed E-state index contributed by atoms with van der Waals surface area (Å²) in [5.41, 5.74) is 1.60. The molecule has 0 radical (unpaired) electrons. The average molecular weight is 372 g/mol. The number of ketones is 1. The standard InChI is InChI=1S/C19H20N2O4S/c1-2-12-5-8-15(20-10-12)16(22)11-25-14-6-3-13(4-7-14)9-17-18(23)21-19(24)26-17/h3-8,10,17,19,24H,2,9,11H2,1H3,(H,21,23). The first-order valence-electron chi connectivity index (χ1n) is 8.39. The molecule has 2 heterocycles. The van der Waals surface area contributed by atoms with E-state index in [9.17, 15) is 14.7 Å². The lowest BCUT2D eigenvalue weighted by Crippen LogP contribution is -2.27. The number of benzene rings is 1. The highest BCUT2D eigenvalue weighted by molar-refractivity contribution is 8.01. The van der Waals surface area contributed by atoms with Gasteiger partial charge in [0.25, 0.3) is 0 Å². The number of amides is 1. The lowest BCUT2D eigenvalue weighted by atomic mass is 10.1. The van der Waals surface area contributed by atoms with Gasteiger partial charge >= 0.3 is 0 Å². The molecule has 1 aromatic carbocycles. The van der Waals surface area contributed by atoms with E-state index in [0.717, 1.165) is 17.5 Å². The third-order valence-electron chi connectivity index (χ3n) is 4.08. The molecule has 1 aliphatic rings. The highest BCUT2D eigenvalue weighted by atomic mass is 32.2. The summed E-state index contributed by atoms with van der Waals surface area (Å²) < 4.78 is 5.53. The molecule has 1 aromatic heterocycles. The molecule has 136 valence electrons. The smallest absolute Gasteiger partial charge is 0.236 e. The van der Waals surface area contributed by atoms with Gasteiger partial charge in [0.1, 0.15) is 11.4 Å². The van der Waals surface area contributed by atoms with E-state index in [1.54, 1.807) is 24.4 Å². The minimum absolute atomic E-state index is 0.0785. The number of aliphatic hydroxyl groups is 1. The summed E-state index contributed by atoms with van der Waals surface area (Å²) in [7, 11) is 0. The van der Waals surface area contributed by atoms with Gasteiger partial charge in [0, 0.05) is 6.20 Å². The zero-order valence-electron chi connectivity index (χ0n) is 14.3. The summed E-state index contributed by atoms with van der Waals surface area (Å²) in [5, 5.41) is 11.6. The van der Waals surface area contributed by atoms with Crippen LogP contribution < -0.4 is 10.1 Å². The molecule has 7 heteroatoms. The molecule has 0 saturated carbocycles. The van der Waals surface area contributed by atoms with Crippen LogP contribution in [0.15, 0.2) is 42.6 Å². The number of ether oxygens (including phenoxy) is 1. The number of aryl methyl sites for hydroxylation is 1. The molecule has 0 bridgehead atoms. The van der Waals surface area contributed by atoms with E-state index < -0.39 is 5.56 Å². The van der Waals surface area contributed by atoms with Crippen molar-refractivity contribution < 1.29 is 19.4 Å². The van der Waals surface area contributed by atoms with E-state index in [0.29, 0.717) is 17.9 Å². The van der Waals surface area contributed by atoms with Crippen LogP contribution in [0.2, 0.25) is 0 Å². The second-order valence-corrected chi connectivity index (χ2v) is 7.24. The molecule has 2 N–H and O–H groups in total. The Morgan fingerprint density at radius 2 is 1.96 bits per heavy atom. The third-order valence-corrected chi connectivity index (χ3v) is 5.17. The van der Waals surface area contributed by atoms with Crippen molar-refractivity contribution in [3.05, 3.63) is 59.4 Å². The van der Waals surface area contributed by atoms with E-state index in [-0.39, 0.29) is 23.5 Å². The molecule has 2 unspecified atom stereocenters. The lowest BCUT2D eigenvalue weighted by molar-refractivity contribution is -0.121. The molecule has 0 spiro atoms. The van der Waals surface area contributed by atoms with Crippen molar-refractivity contribution in [1.29, 1.82) is 0 Å². The maximum absolute atomic E-state index is 12.1. The number of Topliss-reactive ketones (excluding diaryl/α,β-unsaturated/α-hetero) is 1. The van der Waals surface area contributed by atoms with Crippen LogP contribution >= 0.6 is 11.8 Å². The highest BCUT2D eigenvalue weighted by Gasteiger charge is 2.31. The first kappa shape index (κ1) is 18.4. The van der Waals surface area contributed by atoms with Crippen molar-refractivity contribution in [3.63, 3.8) is 0 Å². The Labute approximate surface area is 156 Å². The second kappa shape index (κ2) is 8.33. The zero-order valence-corrected chi connectivity index (χ0v) is 15.2. The molecule has 1 aliphatic heterocycles. The largest absolute Gasteiger partial charge is 0.485 e. The van der Waals surface area contributed by atoms with Crippen molar-refractivity contribution in [2.45, 2.75) is 30.6 Å². The summed E-state index contributed by atoms with van der Waals surface area (Å²) in [4.78, 5) is 27.9. The first-order valence-corrected chi connectivity index (χ1v) is 9.33. The highest BCUT2D eigenvalue weighted by Crippen LogP contribution is 2.25. The quantitative estimate of drug-likeness (QED) is 0.723. The average Bonchev–Trinajstić information content (AvgIpc) is 2.98. The lowest BCUT2D eigenvalue weighted by Gasteiger charge is -2.09. The van der Waals surface area contributed by atoms with Gasteiger partial charge in [-0.3, -0.25) is 14.6 Å². The summed E-state index contributed by atoms with van der Waals surface area (Å²) in [6, 6.07) is 10.9. The van der Waals surface area contributed by atoms with Crippen LogP contribution in [-0.2, 0) is 17.6 Å². The first-order chi connectivity index (χ1) is 12.5. The van der Waals surface area contributed by atoms with Crippen molar-refractivity contribution in [1.82, 2.24) is 10.3 Å². The summed E-state index contributed by atoms with van der Waals surface area (Å²) in [6.07, 6.45) is 3.11. The predicted octanol–water partition coefficient (Wildman–Crippen LogP) is 1.96. The minimum Gasteiger partial charge on any atom is -0.485 e. The van der Waals surface area contributed by atoms with Gasteiger partial charge in [-0.05, 0) is 42.2 Å². The van der Waals surface area contributed by atoms with Gasteiger partial charge in [-0.25, -0.2) is 0 Å².